The maximum Gasteiger partial charge on any atom is 0.258 e. The number of amides is 1. The van der Waals surface area contributed by atoms with Gasteiger partial charge < -0.3 is 10.2 Å². The number of H-pyrrole nitrogens is 1. The van der Waals surface area contributed by atoms with Crippen LogP contribution in [0.1, 0.15) is 36.3 Å². The van der Waals surface area contributed by atoms with Crippen molar-refractivity contribution < 1.29 is 4.79 Å². The number of nitrogens with one attached hydrogen (secondary N) is 2. The Labute approximate surface area is 167 Å². The first kappa shape index (κ1) is 18.6. The Morgan fingerprint density at radius 2 is 1.89 bits per heavy atom. The molecule has 144 valence electrons. The van der Waals surface area contributed by atoms with E-state index in [4.69, 9.17) is 0 Å². The first-order valence-corrected chi connectivity index (χ1v) is 10.6. The van der Waals surface area contributed by atoms with Crippen LogP contribution in [0, 0.1) is 17.2 Å². The van der Waals surface area contributed by atoms with E-state index in [2.05, 4.69) is 21.4 Å². The number of hydrogen-bond acceptors (Lipinski definition) is 6. The number of hydrogen-bond donors (Lipinski definition) is 2. The van der Waals surface area contributed by atoms with Crippen molar-refractivity contribution >= 4 is 29.4 Å². The maximum absolute atomic E-state index is 13.0. The maximum atomic E-state index is 13.0. The molecule has 8 heteroatoms. The van der Waals surface area contributed by atoms with E-state index in [1.807, 2.05) is 35.4 Å². The summed E-state index contributed by atoms with van der Waals surface area (Å²) in [5.74, 6) is -1.29. The summed E-state index contributed by atoms with van der Waals surface area (Å²) < 4.78 is 0. The average Bonchev–Trinajstić information content (AvgIpc) is 2.73. The number of aromatic amines is 1. The lowest BCUT2D eigenvalue weighted by Gasteiger charge is -2.31. The van der Waals surface area contributed by atoms with E-state index in [1.165, 1.54) is 6.42 Å². The fourth-order valence-electron chi connectivity index (χ4n) is 3.93. The zero-order chi connectivity index (χ0) is 19.7. The molecule has 2 aliphatic heterocycles. The summed E-state index contributed by atoms with van der Waals surface area (Å²) in [6, 6.07) is 9.69. The number of anilines is 2. The molecule has 0 aliphatic carbocycles. The van der Waals surface area contributed by atoms with Gasteiger partial charge in [0, 0.05) is 23.9 Å². The van der Waals surface area contributed by atoms with Crippen LogP contribution in [0.5, 0.6) is 0 Å². The highest BCUT2D eigenvalue weighted by molar-refractivity contribution is 7.98. The second-order valence-electron chi connectivity index (χ2n) is 7.05. The van der Waals surface area contributed by atoms with E-state index in [0.717, 1.165) is 36.4 Å². The predicted molar refractivity (Wildman–Crippen MR) is 109 cm³/mol. The minimum absolute atomic E-state index is 0.264. The van der Waals surface area contributed by atoms with Gasteiger partial charge in [-0.05, 0) is 43.2 Å². The van der Waals surface area contributed by atoms with Crippen molar-refractivity contribution in [3.05, 3.63) is 45.7 Å². The number of aromatic nitrogens is 2. The van der Waals surface area contributed by atoms with Crippen molar-refractivity contribution in [2.45, 2.75) is 30.1 Å². The quantitative estimate of drug-likeness (QED) is 0.775. The number of benzene rings is 1. The Hall–Kier alpha value is -2.79. The van der Waals surface area contributed by atoms with Gasteiger partial charge in [0.1, 0.15) is 11.7 Å². The van der Waals surface area contributed by atoms with Crippen LogP contribution in [0.25, 0.3) is 0 Å². The zero-order valence-corrected chi connectivity index (χ0v) is 16.4. The molecule has 2 unspecified atom stereocenters. The summed E-state index contributed by atoms with van der Waals surface area (Å²) in [7, 11) is 0. The highest BCUT2D eigenvalue weighted by atomic mass is 32.2. The van der Waals surface area contributed by atoms with Crippen LogP contribution in [0.15, 0.2) is 34.0 Å². The molecule has 7 nitrogen and oxygen atoms in total. The van der Waals surface area contributed by atoms with Crippen molar-refractivity contribution in [1.29, 1.82) is 5.26 Å². The number of fused-ring (bicyclic) bond motifs is 1. The van der Waals surface area contributed by atoms with Crippen LogP contribution in [-0.4, -0.2) is 35.2 Å². The fourth-order valence-corrected chi connectivity index (χ4v) is 4.33. The number of nitrogens with zero attached hydrogens (tertiary/aromatic N) is 3. The number of rotatable bonds is 3. The second kappa shape index (κ2) is 7.68. The smallest absolute Gasteiger partial charge is 0.258 e. The Morgan fingerprint density at radius 1 is 1.18 bits per heavy atom. The van der Waals surface area contributed by atoms with E-state index in [9.17, 15) is 14.9 Å². The molecule has 4 rings (SSSR count). The summed E-state index contributed by atoms with van der Waals surface area (Å²) in [5.41, 5.74) is 0.812. The van der Waals surface area contributed by atoms with Crippen molar-refractivity contribution in [1.82, 2.24) is 9.97 Å². The molecular formula is C20H21N5O2S. The summed E-state index contributed by atoms with van der Waals surface area (Å²) in [5, 5.41) is 12.3. The minimum atomic E-state index is -0.976. The van der Waals surface area contributed by atoms with Crippen molar-refractivity contribution in [3.63, 3.8) is 0 Å². The van der Waals surface area contributed by atoms with Crippen LogP contribution in [0.3, 0.4) is 0 Å². The van der Waals surface area contributed by atoms with Gasteiger partial charge in [0.2, 0.25) is 11.9 Å². The fraction of sp³-hybridized carbons (Fsp3) is 0.400. The van der Waals surface area contributed by atoms with Gasteiger partial charge in [0.05, 0.1) is 11.6 Å². The predicted octanol–water partition coefficient (Wildman–Crippen LogP) is 2.71. The molecule has 1 saturated heterocycles. The molecule has 0 saturated carbocycles. The molecule has 3 heterocycles. The topological polar surface area (TPSA) is 102 Å². The normalized spacial score (nSPS) is 21.6. The van der Waals surface area contributed by atoms with Gasteiger partial charge in [-0.2, -0.15) is 10.2 Å². The molecule has 28 heavy (non-hydrogen) atoms. The molecule has 2 N–H and O–H groups in total. The Balaban J connectivity index is 1.81. The first-order valence-electron chi connectivity index (χ1n) is 9.36. The van der Waals surface area contributed by atoms with Crippen LogP contribution >= 0.6 is 11.8 Å². The SMILES string of the molecule is CSc1ccc(C2c3c(nc(N4CCCCC4)[nH]c3=O)NC(=O)C2C#N)cc1. The number of nitriles is 1. The molecule has 1 aromatic heterocycles. The number of carbonyl (C=O) groups is 1. The molecular weight excluding hydrogens is 374 g/mol. The molecule has 1 fully saturated rings. The lowest BCUT2D eigenvalue weighted by molar-refractivity contribution is -0.119. The number of thioether (sulfide) groups is 1. The average molecular weight is 395 g/mol. The van der Waals surface area contributed by atoms with Crippen molar-refractivity contribution in [3.8, 4) is 6.07 Å². The van der Waals surface area contributed by atoms with Crippen molar-refractivity contribution in [2.24, 2.45) is 5.92 Å². The van der Waals surface area contributed by atoms with E-state index in [-0.39, 0.29) is 11.4 Å². The van der Waals surface area contributed by atoms with Crippen molar-refractivity contribution in [2.75, 3.05) is 29.6 Å². The van der Waals surface area contributed by atoms with Gasteiger partial charge in [-0.25, -0.2) is 0 Å². The van der Waals surface area contributed by atoms with Gasteiger partial charge in [-0.3, -0.25) is 14.6 Å². The molecule has 0 spiro atoms. The third kappa shape index (κ3) is 3.27. The summed E-state index contributed by atoms with van der Waals surface area (Å²) in [6.07, 6.45) is 5.25. The van der Waals surface area contributed by atoms with Gasteiger partial charge in [0.15, 0.2) is 0 Å². The molecule has 0 bridgehead atoms. The van der Waals surface area contributed by atoms with Crippen LogP contribution in [-0.2, 0) is 4.79 Å². The third-order valence-electron chi connectivity index (χ3n) is 5.38. The molecule has 0 radical (unpaired) electrons. The standard InChI is InChI=1S/C20H21N5O2S/c1-28-13-7-5-12(6-8-13)15-14(11-21)18(26)22-17-16(15)19(27)24-20(23-17)25-9-3-2-4-10-25/h5-8,14-15H,2-4,9-10H2,1H3,(H2,22,23,24,26,27). The van der Waals surface area contributed by atoms with Gasteiger partial charge >= 0.3 is 0 Å². The molecule has 1 aromatic carbocycles. The Morgan fingerprint density at radius 3 is 2.54 bits per heavy atom. The number of piperidine rings is 1. The third-order valence-corrected chi connectivity index (χ3v) is 6.12. The second-order valence-corrected chi connectivity index (χ2v) is 7.93. The van der Waals surface area contributed by atoms with Crippen LogP contribution < -0.4 is 15.8 Å². The number of carbonyl (C=O) groups excluding carboxylic acids is 1. The van der Waals surface area contributed by atoms with Crippen LogP contribution in [0.2, 0.25) is 0 Å². The van der Waals surface area contributed by atoms with Crippen LogP contribution in [0.4, 0.5) is 11.8 Å². The van der Waals surface area contributed by atoms with E-state index in [0.29, 0.717) is 11.5 Å². The monoisotopic (exact) mass is 395 g/mol. The van der Waals surface area contributed by atoms with E-state index in [1.54, 1.807) is 11.8 Å². The molecule has 2 atom stereocenters. The van der Waals surface area contributed by atoms with Gasteiger partial charge in [-0.1, -0.05) is 12.1 Å². The molecule has 2 aromatic rings. The van der Waals surface area contributed by atoms with Gasteiger partial charge in [0.25, 0.3) is 5.56 Å². The highest BCUT2D eigenvalue weighted by Gasteiger charge is 2.40. The molecule has 1 amide bonds. The summed E-state index contributed by atoms with van der Waals surface area (Å²) in [4.78, 5) is 36.2. The largest absolute Gasteiger partial charge is 0.342 e. The van der Waals surface area contributed by atoms with E-state index < -0.39 is 17.7 Å². The Kier molecular flexibility index (Phi) is 5.09. The highest BCUT2D eigenvalue weighted by Crippen LogP contribution is 2.38. The lowest BCUT2D eigenvalue weighted by Crippen LogP contribution is -2.40. The Bertz CT molecular complexity index is 989. The first-order chi connectivity index (χ1) is 13.6. The van der Waals surface area contributed by atoms with E-state index >= 15 is 0 Å². The zero-order valence-electron chi connectivity index (χ0n) is 15.6. The van der Waals surface area contributed by atoms with Gasteiger partial charge in [-0.15, -0.1) is 11.8 Å². The summed E-state index contributed by atoms with van der Waals surface area (Å²) >= 11 is 1.61. The summed E-state index contributed by atoms with van der Waals surface area (Å²) in [6.45, 7) is 1.66. The minimum Gasteiger partial charge on any atom is -0.342 e. The molecule has 2 aliphatic rings. The lowest BCUT2D eigenvalue weighted by atomic mass is 9.79.